The van der Waals surface area contributed by atoms with Crippen molar-refractivity contribution in [3.63, 3.8) is 0 Å². The van der Waals surface area contributed by atoms with Gasteiger partial charge in [-0.05, 0) is 48.9 Å². The van der Waals surface area contributed by atoms with Crippen LogP contribution in [-0.2, 0) is 18.9 Å². The Balaban J connectivity index is 1.14. The number of ether oxygens (including phenoxy) is 4. The lowest BCUT2D eigenvalue weighted by atomic mass is 9.95. The summed E-state index contributed by atoms with van der Waals surface area (Å²) in [6.45, 7) is 10.4. The van der Waals surface area contributed by atoms with Crippen LogP contribution < -0.4 is 0 Å². The Morgan fingerprint density at radius 3 is 1.14 bits per heavy atom. The molecule has 0 radical (unpaired) electrons. The van der Waals surface area contributed by atoms with Crippen molar-refractivity contribution in [3.8, 4) is 22.3 Å². The van der Waals surface area contributed by atoms with Crippen LogP contribution in [0.4, 0.5) is 0 Å². The molecule has 0 aliphatic carbocycles. The second-order valence-corrected chi connectivity index (χ2v) is 12.3. The number of hydrogen-bond acceptors (Lipinski definition) is 4. The van der Waals surface area contributed by atoms with E-state index in [1.807, 2.05) is 0 Å². The van der Waals surface area contributed by atoms with Crippen molar-refractivity contribution >= 4 is 0 Å². The van der Waals surface area contributed by atoms with Gasteiger partial charge in [-0.25, -0.2) is 0 Å². The molecular weight excluding hydrogens is 520 g/mol. The van der Waals surface area contributed by atoms with Crippen LogP contribution in [0.3, 0.4) is 0 Å². The van der Waals surface area contributed by atoms with Crippen molar-refractivity contribution in [1.82, 2.24) is 0 Å². The van der Waals surface area contributed by atoms with Gasteiger partial charge in [0.2, 0.25) is 0 Å². The first-order valence-electron chi connectivity index (χ1n) is 16.4. The van der Waals surface area contributed by atoms with Gasteiger partial charge in [-0.15, -0.1) is 0 Å². The molecule has 4 nitrogen and oxygen atoms in total. The fourth-order valence-corrected chi connectivity index (χ4v) is 6.20. The van der Waals surface area contributed by atoms with Gasteiger partial charge >= 0.3 is 0 Å². The molecule has 2 heterocycles. The highest BCUT2D eigenvalue weighted by atomic mass is 16.7. The highest BCUT2D eigenvalue weighted by Gasteiger charge is 2.30. The summed E-state index contributed by atoms with van der Waals surface area (Å²) in [6.07, 6.45) is 9.84. The molecule has 4 heteroatoms. The third-order valence-electron chi connectivity index (χ3n) is 9.20. The molecule has 0 aromatic heterocycles. The number of hydrogen-bond donors (Lipinski definition) is 0. The lowest BCUT2D eigenvalue weighted by molar-refractivity contribution is -0.237. The van der Waals surface area contributed by atoms with Gasteiger partial charge in [-0.2, -0.15) is 0 Å². The monoisotopic (exact) mass is 570 g/mol. The van der Waals surface area contributed by atoms with Gasteiger partial charge < -0.3 is 18.9 Å². The lowest BCUT2D eigenvalue weighted by Crippen LogP contribution is -2.34. The van der Waals surface area contributed by atoms with Crippen LogP contribution in [-0.4, -0.2) is 25.4 Å². The van der Waals surface area contributed by atoms with Crippen LogP contribution in [0.5, 0.6) is 0 Å². The number of benzene rings is 3. The van der Waals surface area contributed by atoms with Crippen molar-refractivity contribution in [2.45, 2.75) is 104 Å². The van der Waals surface area contributed by atoms with E-state index in [2.05, 4.69) is 100 Å². The summed E-state index contributed by atoms with van der Waals surface area (Å²) in [5, 5.41) is 0. The van der Waals surface area contributed by atoms with Gasteiger partial charge in [-0.3, -0.25) is 0 Å². The Labute approximate surface area is 253 Å². The predicted molar refractivity (Wildman–Crippen MR) is 171 cm³/mol. The fraction of sp³-hybridized carbons (Fsp3) is 0.526. The molecule has 2 fully saturated rings. The van der Waals surface area contributed by atoms with E-state index >= 15 is 0 Å². The van der Waals surface area contributed by atoms with Gasteiger partial charge in [0.15, 0.2) is 12.6 Å². The summed E-state index contributed by atoms with van der Waals surface area (Å²) >= 11 is 0. The quantitative estimate of drug-likeness (QED) is 0.203. The molecule has 2 saturated heterocycles. The van der Waals surface area contributed by atoms with Crippen molar-refractivity contribution in [3.05, 3.63) is 83.9 Å². The van der Waals surface area contributed by atoms with Crippen LogP contribution in [0.25, 0.3) is 22.3 Å². The van der Waals surface area contributed by atoms with E-state index in [-0.39, 0.29) is 24.8 Å². The molecule has 2 aliphatic rings. The summed E-state index contributed by atoms with van der Waals surface area (Å²) in [5.74, 6) is 0.986. The van der Waals surface area contributed by atoms with Gasteiger partial charge in [0, 0.05) is 23.0 Å². The maximum Gasteiger partial charge on any atom is 0.184 e. The average Bonchev–Trinajstić information content (AvgIpc) is 3.03. The molecule has 3 aromatic rings. The van der Waals surface area contributed by atoms with E-state index in [0.717, 1.165) is 24.3 Å². The number of unbranched alkanes of at least 4 members (excludes halogenated alkanes) is 4. The van der Waals surface area contributed by atoms with Crippen LogP contribution in [0, 0.1) is 11.8 Å². The zero-order valence-electron chi connectivity index (χ0n) is 26.1. The molecule has 0 spiro atoms. The minimum absolute atomic E-state index is 0.223. The van der Waals surface area contributed by atoms with Crippen molar-refractivity contribution in [2.75, 3.05) is 13.2 Å². The first kappa shape index (κ1) is 30.9. The fourth-order valence-electron chi connectivity index (χ4n) is 6.20. The minimum Gasteiger partial charge on any atom is -0.348 e. The van der Waals surface area contributed by atoms with Gasteiger partial charge in [0.1, 0.15) is 0 Å². The van der Waals surface area contributed by atoms with Crippen LogP contribution in [0.1, 0.15) is 103 Å². The highest BCUT2D eigenvalue weighted by molar-refractivity contribution is 5.70. The van der Waals surface area contributed by atoms with E-state index in [4.69, 9.17) is 18.9 Å². The maximum absolute atomic E-state index is 6.26. The molecule has 226 valence electrons. The Morgan fingerprint density at radius 2 is 0.833 bits per heavy atom. The van der Waals surface area contributed by atoms with Crippen molar-refractivity contribution in [1.29, 1.82) is 0 Å². The first-order chi connectivity index (χ1) is 20.6. The molecule has 42 heavy (non-hydrogen) atoms. The lowest BCUT2D eigenvalue weighted by Gasteiger charge is -2.35. The van der Waals surface area contributed by atoms with Gasteiger partial charge in [0.25, 0.3) is 0 Å². The van der Waals surface area contributed by atoms with Crippen molar-refractivity contribution < 1.29 is 18.9 Å². The molecule has 2 unspecified atom stereocenters. The van der Waals surface area contributed by atoms with E-state index in [1.165, 1.54) is 73.6 Å². The second-order valence-electron chi connectivity index (χ2n) is 12.3. The standard InChI is InChI=1S/C38H50O4/c1-5-7-9-11-35-25-39-37(41-27(35)3)33-21-17-31(18-22-33)29-13-15-30(16-14-29)32-19-23-34(24-20-32)38-40-26-36(28(4)42-38)12-10-8-6-2/h13-24,27-28,35-38H,5-12,25-26H2,1-4H3/t27?,28?,35-,36-,37-,38-/m1/s1. The third-order valence-corrected chi connectivity index (χ3v) is 9.20. The van der Waals surface area contributed by atoms with Crippen LogP contribution in [0.15, 0.2) is 72.8 Å². The van der Waals surface area contributed by atoms with Gasteiger partial charge in [-0.1, -0.05) is 125 Å². The average molecular weight is 571 g/mol. The molecule has 2 aliphatic heterocycles. The summed E-state index contributed by atoms with van der Waals surface area (Å²) in [7, 11) is 0. The minimum atomic E-state index is -0.276. The van der Waals surface area contributed by atoms with E-state index in [0.29, 0.717) is 11.8 Å². The molecule has 3 aromatic carbocycles. The Hall–Kier alpha value is -2.50. The van der Waals surface area contributed by atoms with E-state index in [1.54, 1.807) is 0 Å². The normalized spacial score (nSPS) is 26.3. The maximum atomic E-state index is 6.26. The zero-order valence-corrected chi connectivity index (χ0v) is 26.1. The highest BCUT2D eigenvalue weighted by Crippen LogP contribution is 2.35. The second kappa shape index (κ2) is 15.3. The first-order valence-corrected chi connectivity index (χ1v) is 16.4. The predicted octanol–water partition coefficient (Wildman–Crippen LogP) is 10.3. The molecule has 6 atom stereocenters. The molecule has 5 rings (SSSR count). The topological polar surface area (TPSA) is 36.9 Å². The van der Waals surface area contributed by atoms with E-state index in [9.17, 15) is 0 Å². The molecule has 0 saturated carbocycles. The smallest absolute Gasteiger partial charge is 0.184 e. The molecule has 0 bridgehead atoms. The Bertz CT molecular complexity index is 1110. The Kier molecular flexibility index (Phi) is 11.3. The summed E-state index contributed by atoms with van der Waals surface area (Å²) < 4.78 is 24.8. The summed E-state index contributed by atoms with van der Waals surface area (Å²) in [5.41, 5.74) is 6.95. The zero-order chi connectivity index (χ0) is 29.3. The van der Waals surface area contributed by atoms with Crippen LogP contribution >= 0.6 is 0 Å². The largest absolute Gasteiger partial charge is 0.348 e. The SMILES string of the molecule is CCCCC[C@@H]1CO[C@@H](c2ccc(-c3ccc(-c4ccc([C@@H]5OC[C@@H](CCCCC)C(C)O5)cc4)cc3)cc2)OC1C. The summed E-state index contributed by atoms with van der Waals surface area (Å²) in [6, 6.07) is 26.0. The summed E-state index contributed by atoms with van der Waals surface area (Å²) in [4.78, 5) is 0. The van der Waals surface area contributed by atoms with E-state index < -0.39 is 0 Å². The molecule has 0 N–H and O–H groups in total. The number of rotatable bonds is 12. The molecule has 0 amide bonds. The Morgan fingerprint density at radius 1 is 0.500 bits per heavy atom. The third kappa shape index (κ3) is 7.90. The van der Waals surface area contributed by atoms with Crippen LogP contribution in [0.2, 0.25) is 0 Å². The molecular formula is C38H50O4. The van der Waals surface area contributed by atoms with Gasteiger partial charge in [0.05, 0.1) is 25.4 Å². The van der Waals surface area contributed by atoms with Crippen molar-refractivity contribution in [2.24, 2.45) is 11.8 Å².